The van der Waals surface area contributed by atoms with Crippen LogP contribution in [0.15, 0.2) is 41.7 Å². The second-order valence-electron chi connectivity index (χ2n) is 8.07. The second-order valence-corrected chi connectivity index (χ2v) is 8.07. The van der Waals surface area contributed by atoms with E-state index < -0.39 is 11.6 Å². The van der Waals surface area contributed by atoms with Crippen LogP contribution in [0.1, 0.15) is 42.0 Å². The molecule has 5 rings (SSSR count). The van der Waals surface area contributed by atoms with Gasteiger partial charge in [-0.15, -0.1) is 0 Å². The molecule has 4 heterocycles. The average molecular weight is 416 g/mol. The highest BCUT2D eigenvalue weighted by atomic mass is 16.6. The quantitative estimate of drug-likeness (QED) is 0.514. The zero-order valence-electron chi connectivity index (χ0n) is 17.0. The molecule has 7 heteroatoms. The molecule has 156 valence electrons. The Bertz CT molecular complexity index is 1370. The predicted molar refractivity (Wildman–Crippen MR) is 114 cm³/mol. The van der Waals surface area contributed by atoms with Crippen LogP contribution in [0.4, 0.5) is 0 Å². The minimum Gasteiger partial charge on any atom is -0.458 e. The molecule has 31 heavy (non-hydrogen) atoms. The molecule has 2 aromatic heterocycles. The normalized spacial score (nSPS) is 18.8. The van der Waals surface area contributed by atoms with Crippen molar-refractivity contribution in [2.24, 2.45) is 0 Å². The highest BCUT2D eigenvalue weighted by molar-refractivity contribution is 5.91. The number of fused-ring (bicyclic) bond motifs is 5. The Morgan fingerprint density at radius 1 is 1.35 bits per heavy atom. The molecule has 0 fully saturated rings. The van der Waals surface area contributed by atoms with Gasteiger partial charge < -0.3 is 19.2 Å². The van der Waals surface area contributed by atoms with E-state index in [-0.39, 0.29) is 41.9 Å². The smallest absolute Gasteiger partial charge is 0.343 e. The van der Waals surface area contributed by atoms with Gasteiger partial charge >= 0.3 is 5.97 Å². The summed E-state index contributed by atoms with van der Waals surface area (Å²) in [6, 6.07) is 9.45. The number of nitrogens with zero attached hydrogens (tertiary/aromatic N) is 2. The number of cyclic esters (lactones) is 1. The van der Waals surface area contributed by atoms with Gasteiger partial charge in [0.25, 0.3) is 5.56 Å². The molecule has 0 bridgehead atoms. The summed E-state index contributed by atoms with van der Waals surface area (Å²) in [6.45, 7) is 5.37. The number of benzene rings is 1. The van der Waals surface area contributed by atoms with Crippen molar-refractivity contribution in [1.29, 1.82) is 0 Å². The Morgan fingerprint density at radius 2 is 2.16 bits per heavy atom. The van der Waals surface area contributed by atoms with E-state index in [1.54, 1.807) is 16.7 Å². The summed E-state index contributed by atoms with van der Waals surface area (Å²) in [4.78, 5) is 42.1. The molecular weight excluding hydrogens is 396 g/mol. The number of aromatic nitrogens is 2. The number of hydrogen-bond acceptors (Lipinski definition) is 6. The summed E-state index contributed by atoms with van der Waals surface area (Å²) >= 11 is 0. The van der Waals surface area contributed by atoms with Crippen LogP contribution in [0.5, 0.6) is 0 Å². The maximum atomic E-state index is 13.3. The van der Waals surface area contributed by atoms with Crippen LogP contribution in [0.2, 0.25) is 0 Å². The summed E-state index contributed by atoms with van der Waals surface area (Å²) in [7, 11) is 0. The molecular formula is C24H20N2O5. The lowest BCUT2D eigenvalue weighted by Crippen LogP contribution is -2.45. The second kappa shape index (κ2) is 6.72. The number of para-hydroxylation sites is 1. The number of Topliss-reactive ketones (excluding diaryl/α,β-unsaturated/α-hetero) is 1. The lowest BCUT2D eigenvalue weighted by molar-refractivity contribution is -0.173. The van der Waals surface area contributed by atoms with Gasteiger partial charge in [0.15, 0.2) is 5.60 Å². The van der Waals surface area contributed by atoms with Crippen molar-refractivity contribution in [3.05, 3.63) is 69.5 Å². The van der Waals surface area contributed by atoms with Gasteiger partial charge in [-0.25, -0.2) is 9.78 Å². The Labute approximate surface area is 177 Å². The van der Waals surface area contributed by atoms with Crippen molar-refractivity contribution in [3.8, 4) is 11.4 Å². The summed E-state index contributed by atoms with van der Waals surface area (Å²) in [5.41, 5.74) is 1.76. The maximum Gasteiger partial charge on any atom is 0.343 e. The van der Waals surface area contributed by atoms with Gasteiger partial charge in [0, 0.05) is 28.5 Å². The van der Waals surface area contributed by atoms with Gasteiger partial charge in [-0.05, 0) is 25.5 Å². The van der Waals surface area contributed by atoms with Crippen LogP contribution in [-0.4, -0.2) is 26.4 Å². The predicted octanol–water partition coefficient (Wildman–Crippen LogP) is 2.68. The van der Waals surface area contributed by atoms with Crippen molar-refractivity contribution in [2.45, 2.75) is 38.5 Å². The molecule has 1 atom stereocenters. The topological polar surface area (TPSA) is 98.5 Å². The highest BCUT2D eigenvalue weighted by Crippen LogP contribution is 2.39. The zero-order valence-corrected chi connectivity index (χ0v) is 17.0. The average Bonchev–Trinajstić information content (AvgIpc) is 3.11. The van der Waals surface area contributed by atoms with Gasteiger partial charge in [0.1, 0.15) is 12.4 Å². The Kier molecular flexibility index (Phi) is 4.20. The summed E-state index contributed by atoms with van der Waals surface area (Å²) in [6.07, 6.45) is 1.58. The van der Waals surface area contributed by atoms with Crippen molar-refractivity contribution >= 4 is 28.7 Å². The van der Waals surface area contributed by atoms with E-state index in [2.05, 4.69) is 6.58 Å². The molecule has 0 unspecified atom stereocenters. The van der Waals surface area contributed by atoms with Crippen LogP contribution in [0.3, 0.4) is 0 Å². The number of aliphatic hydroxyl groups is 1. The Balaban J connectivity index is 1.74. The molecule has 0 spiro atoms. The maximum absolute atomic E-state index is 13.3. The number of hydrogen-bond donors (Lipinski definition) is 1. The summed E-state index contributed by atoms with van der Waals surface area (Å²) in [5.74, 6) is -1.01. The standard InChI is InChI=1S/C24H20N2O5/c1-3-14-5-4-6-15-9-16-11-26-19(21(16)25-20(14)15)10-18-17(22(26)28)12-31-23(29)24(18,30)8-7-13(2)27/h3-6,9-10,30H,1,7-8,11-12H2,2H3/t24-/m0/s1. The summed E-state index contributed by atoms with van der Waals surface area (Å²) < 4.78 is 6.71. The van der Waals surface area contributed by atoms with Crippen LogP contribution >= 0.6 is 0 Å². The van der Waals surface area contributed by atoms with E-state index in [1.807, 2.05) is 24.3 Å². The first-order valence-corrected chi connectivity index (χ1v) is 10.0. The van der Waals surface area contributed by atoms with E-state index in [4.69, 9.17) is 9.72 Å². The number of carbonyl (C=O) groups excluding carboxylic acids is 2. The van der Waals surface area contributed by atoms with Gasteiger partial charge in [-0.3, -0.25) is 4.79 Å². The molecule has 1 aromatic carbocycles. The largest absolute Gasteiger partial charge is 0.458 e. The van der Waals surface area contributed by atoms with E-state index in [0.29, 0.717) is 17.9 Å². The Hall–Kier alpha value is -3.58. The van der Waals surface area contributed by atoms with Crippen LogP contribution in [0, 0.1) is 0 Å². The monoisotopic (exact) mass is 416 g/mol. The van der Waals surface area contributed by atoms with Crippen molar-refractivity contribution < 1.29 is 19.4 Å². The zero-order chi connectivity index (χ0) is 21.9. The fraction of sp³-hybridized carbons (Fsp3) is 0.250. The third-order valence-corrected chi connectivity index (χ3v) is 6.12. The lowest BCUT2D eigenvalue weighted by atomic mass is 9.84. The highest BCUT2D eigenvalue weighted by Gasteiger charge is 2.46. The number of esters is 1. The number of pyridine rings is 2. The molecule has 0 radical (unpaired) electrons. The Morgan fingerprint density at radius 3 is 2.90 bits per heavy atom. The SMILES string of the molecule is C=Cc1cccc2cc3c(nc12)-c1cc2c(c(=O)n1C3)COC(=O)[C@]2(O)CCC(C)=O. The van der Waals surface area contributed by atoms with Crippen molar-refractivity contribution in [1.82, 2.24) is 9.55 Å². The molecule has 0 amide bonds. The number of ketones is 1. The minimum atomic E-state index is -2.04. The fourth-order valence-corrected chi connectivity index (χ4v) is 4.45. The van der Waals surface area contributed by atoms with Gasteiger partial charge in [0.2, 0.25) is 0 Å². The lowest BCUT2D eigenvalue weighted by Gasteiger charge is -2.32. The van der Waals surface area contributed by atoms with E-state index >= 15 is 0 Å². The number of ether oxygens (including phenoxy) is 1. The first-order valence-electron chi connectivity index (χ1n) is 10.0. The molecule has 3 aromatic rings. The number of carbonyl (C=O) groups is 2. The minimum absolute atomic E-state index is 0.00831. The third kappa shape index (κ3) is 2.77. The molecule has 2 aliphatic rings. The molecule has 7 nitrogen and oxygen atoms in total. The van der Waals surface area contributed by atoms with Crippen LogP contribution in [0.25, 0.3) is 28.4 Å². The summed E-state index contributed by atoms with van der Waals surface area (Å²) in [5, 5.41) is 12.1. The number of rotatable bonds is 4. The van der Waals surface area contributed by atoms with Crippen molar-refractivity contribution in [2.75, 3.05) is 0 Å². The van der Waals surface area contributed by atoms with Gasteiger partial charge in [-0.1, -0.05) is 30.9 Å². The van der Waals surface area contributed by atoms with Crippen molar-refractivity contribution in [3.63, 3.8) is 0 Å². The van der Waals surface area contributed by atoms with Crippen LogP contribution in [-0.2, 0) is 33.1 Å². The molecule has 1 N–H and O–H groups in total. The fourth-order valence-electron chi connectivity index (χ4n) is 4.45. The molecule has 0 saturated heterocycles. The third-order valence-electron chi connectivity index (χ3n) is 6.12. The first kappa shape index (κ1) is 19.4. The first-order chi connectivity index (χ1) is 14.8. The van der Waals surface area contributed by atoms with Gasteiger partial charge in [-0.2, -0.15) is 0 Å². The molecule has 2 aliphatic heterocycles. The van der Waals surface area contributed by atoms with Crippen LogP contribution < -0.4 is 5.56 Å². The van der Waals surface area contributed by atoms with E-state index in [0.717, 1.165) is 22.0 Å². The van der Waals surface area contributed by atoms with E-state index in [1.165, 1.54) is 6.92 Å². The molecule has 0 saturated carbocycles. The van der Waals surface area contributed by atoms with E-state index in [9.17, 15) is 19.5 Å². The molecule has 0 aliphatic carbocycles. The van der Waals surface area contributed by atoms with Gasteiger partial charge in [0.05, 0.1) is 29.0 Å².